The zero-order valence-electron chi connectivity index (χ0n) is 18.4. The maximum absolute atomic E-state index is 14.8. The number of carbonyl (C=O) groups excluding carboxylic acids is 2. The van der Waals surface area contributed by atoms with Crippen molar-refractivity contribution >= 4 is 17.6 Å². The van der Waals surface area contributed by atoms with Crippen LogP contribution < -0.4 is 11.1 Å². The summed E-state index contributed by atoms with van der Waals surface area (Å²) in [6.07, 6.45) is 3.22. The average molecular weight is 448 g/mol. The highest BCUT2D eigenvalue weighted by Gasteiger charge is 2.24. The van der Waals surface area contributed by atoms with Gasteiger partial charge in [0.2, 0.25) is 5.91 Å². The molecule has 1 aromatic heterocycles. The van der Waals surface area contributed by atoms with Crippen molar-refractivity contribution in [2.45, 2.75) is 32.2 Å². The van der Waals surface area contributed by atoms with Crippen molar-refractivity contribution in [3.05, 3.63) is 77.4 Å². The van der Waals surface area contributed by atoms with Crippen molar-refractivity contribution in [3.63, 3.8) is 0 Å². The predicted octanol–water partition coefficient (Wildman–Crippen LogP) is 3.52. The monoisotopic (exact) mass is 447 g/mol. The highest BCUT2D eigenvalue weighted by Crippen LogP contribution is 2.30. The Balaban J connectivity index is 1.50. The molecule has 0 aliphatic carbocycles. The third-order valence-electron chi connectivity index (χ3n) is 5.96. The van der Waals surface area contributed by atoms with Crippen LogP contribution in [-0.4, -0.2) is 39.8 Å². The number of nitrogens with one attached hydrogen (secondary N) is 1. The van der Waals surface area contributed by atoms with E-state index in [1.807, 2.05) is 35.2 Å². The summed E-state index contributed by atoms with van der Waals surface area (Å²) >= 11 is 0. The quantitative estimate of drug-likeness (QED) is 0.623. The van der Waals surface area contributed by atoms with Gasteiger partial charge in [-0.3, -0.25) is 9.59 Å². The Labute approximate surface area is 191 Å². The van der Waals surface area contributed by atoms with Crippen molar-refractivity contribution in [3.8, 4) is 11.3 Å². The fourth-order valence-electron chi connectivity index (χ4n) is 4.03. The number of nitrogens with two attached hydrogens (primary N) is 1. The summed E-state index contributed by atoms with van der Waals surface area (Å²) in [5, 5.41) is 2.73. The summed E-state index contributed by atoms with van der Waals surface area (Å²) in [5.41, 5.74) is 8.54. The third kappa shape index (κ3) is 5.16. The van der Waals surface area contributed by atoms with E-state index in [-0.39, 0.29) is 23.2 Å². The molecule has 0 saturated carbocycles. The van der Waals surface area contributed by atoms with Crippen molar-refractivity contribution < 1.29 is 14.0 Å². The Morgan fingerprint density at radius 1 is 1.15 bits per heavy atom. The molecule has 3 N–H and O–H groups in total. The van der Waals surface area contributed by atoms with Gasteiger partial charge in [-0.1, -0.05) is 36.4 Å². The number of hydrogen-bond donors (Lipinski definition) is 2. The fourth-order valence-corrected chi connectivity index (χ4v) is 4.03. The minimum Gasteiger partial charge on any atom is -0.382 e. The number of halogens is 1. The number of nitrogen functional groups attached to an aromatic ring is 1. The number of carbonyl (C=O) groups is 2. The first-order valence-electron chi connectivity index (χ1n) is 10.9. The van der Waals surface area contributed by atoms with E-state index in [0.29, 0.717) is 30.9 Å². The normalized spacial score (nSPS) is 14.2. The van der Waals surface area contributed by atoms with Crippen LogP contribution in [0.5, 0.6) is 0 Å². The van der Waals surface area contributed by atoms with Crippen molar-refractivity contribution in [2.75, 3.05) is 18.8 Å². The Morgan fingerprint density at radius 3 is 2.55 bits per heavy atom. The lowest BCUT2D eigenvalue weighted by Gasteiger charge is -2.31. The molecular weight excluding hydrogens is 421 g/mol. The molecule has 0 atom stereocenters. The van der Waals surface area contributed by atoms with Crippen LogP contribution >= 0.6 is 0 Å². The van der Waals surface area contributed by atoms with Gasteiger partial charge in [0, 0.05) is 38.0 Å². The van der Waals surface area contributed by atoms with Gasteiger partial charge in [0.15, 0.2) is 0 Å². The Bertz CT molecular complexity index is 1160. The van der Waals surface area contributed by atoms with Crippen molar-refractivity contribution in [2.24, 2.45) is 0 Å². The Morgan fingerprint density at radius 2 is 1.88 bits per heavy atom. The van der Waals surface area contributed by atoms with Gasteiger partial charge in [-0.25, -0.2) is 14.4 Å². The fraction of sp³-hybridized carbons (Fsp3) is 0.280. The molecule has 4 rings (SSSR count). The molecule has 2 amide bonds. The van der Waals surface area contributed by atoms with Crippen LogP contribution in [-0.2, 0) is 11.3 Å². The van der Waals surface area contributed by atoms with Gasteiger partial charge >= 0.3 is 0 Å². The molecule has 1 fully saturated rings. The zero-order valence-corrected chi connectivity index (χ0v) is 18.4. The molecule has 8 heteroatoms. The molecule has 7 nitrogen and oxygen atoms in total. The molecule has 0 bridgehead atoms. The third-order valence-corrected chi connectivity index (χ3v) is 5.96. The molecule has 3 aromatic rings. The molecule has 170 valence electrons. The Kier molecular flexibility index (Phi) is 6.63. The lowest BCUT2D eigenvalue weighted by molar-refractivity contribution is -0.129. The van der Waals surface area contributed by atoms with E-state index in [1.54, 1.807) is 19.2 Å². The number of likely N-dealkylation sites (tertiary alicyclic amines) is 1. The first-order chi connectivity index (χ1) is 15.9. The van der Waals surface area contributed by atoms with Gasteiger partial charge in [-0.05, 0) is 30.5 Å². The average Bonchev–Trinajstić information content (AvgIpc) is 2.83. The van der Waals surface area contributed by atoms with Crippen LogP contribution in [0.25, 0.3) is 11.3 Å². The first-order valence-corrected chi connectivity index (χ1v) is 10.9. The molecule has 1 saturated heterocycles. The summed E-state index contributed by atoms with van der Waals surface area (Å²) in [6, 6.07) is 13.7. The topological polar surface area (TPSA) is 101 Å². The van der Waals surface area contributed by atoms with E-state index < -0.39 is 11.7 Å². The molecule has 2 heterocycles. The second kappa shape index (κ2) is 9.77. The minimum atomic E-state index is -0.653. The van der Waals surface area contributed by atoms with Crippen LogP contribution in [0.15, 0.2) is 54.7 Å². The molecule has 2 aromatic carbocycles. The number of nitrogens with zero attached hydrogens (tertiary/aromatic N) is 3. The van der Waals surface area contributed by atoms with E-state index in [0.717, 1.165) is 24.1 Å². The maximum atomic E-state index is 14.8. The number of piperidine rings is 1. The van der Waals surface area contributed by atoms with E-state index >= 15 is 0 Å². The number of aromatic nitrogens is 2. The number of anilines is 1. The second-order valence-electron chi connectivity index (χ2n) is 8.17. The van der Waals surface area contributed by atoms with E-state index in [1.165, 1.54) is 12.1 Å². The SMILES string of the molecule is CC(=O)N1CCC(c2cnc(N)c(-c3ccc(C(=O)NCc4ccccc4)c(F)c3)n2)CC1. The van der Waals surface area contributed by atoms with Crippen LogP contribution in [0.1, 0.15) is 47.3 Å². The van der Waals surface area contributed by atoms with Crippen molar-refractivity contribution in [1.82, 2.24) is 20.2 Å². The highest BCUT2D eigenvalue weighted by molar-refractivity contribution is 5.95. The summed E-state index contributed by atoms with van der Waals surface area (Å²) in [4.78, 5) is 34.8. The van der Waals surface area contributed by atoms with E-state index in [9.17, 15) is 14.0 Å². The molecule has 1 aliphatic heterocycles. The van der Waals surface area contributed by atoms with Gasteiger partial charge in [-0.2, -0.15) is 0 Å². The largest absolute Gasteiger partial charge is 0.382 e. The Hall–Kier alpha value is -3.81. The van der Waals surface area contributed by atoms with Gasteiger partial charge in [0.25, 0.3) is 5.91 Å². The molecular formula is C25H26FN5O2. The van der Waals surface area contributed by atoms with Crippen LogP contribution in [0.3, 0.4) is 0 Å². The molecule has 0 radical (unpaired) electrons. The van der Waals surface area contributed by atoms with Crippen LogP contribution in [0, 0.1) is 5.82 Å². The van der Waals surface area contributed by atoms with Gasteiger partial charge < -0.3 is 16.0 Å². The lowest BCUT2D eigenvalue weighted by Crippen LogP contribution is -2.36. The maximum Gasteiger partial charge on any atom is 0.254 e. The molecule has 0 spiro atoms. The number of amides is 2. The van der Waals surface area contributed by atoms with Crippen LogP contribution in [0.2, 0.25) is 0 Å². The number of hydrogen-bond acceptors (Lipinski definition) is 5. The molecule has 0 unspecified atom stereocenters. The smallest absolute Gasteiger partial charge is 0.254 e. The van der Waals surface area contributed by atoms with Gasteiger partial charge in [0.05, 0.1) is 17.5 Å². The predicted molar refractivity (Wildman–Crippen MR) is 124 cm³/mol. The zero-order chi connectivity index (χ0) is 23.4. The summed E-state index contributed by atoms with van der Waals surface area (Å²) < 4.78 is 14.8. The van der Waals surface area contributed by atoms with Gasteiger partial charge in [-0.15, -0.1) is 0 Å². The number of rotatable bonds is 5. The van der Waals surface area contributed by atoms with Crippen molar-refractivity contribution in [1.29, 1.82) is 0 Å². The van der Waals surface area contributed by atoms with E-state index in [4.69, 9.17) is 5.73 Å². The van der Waals surface area contributed by atoms with Gasteiger partial charge in [0.1, 0.15) is 17.3 Å². The molecule has 1 aliphatic rings. The highest BCUT2D eigenvalue weighted by atomic mass is 19.1. The summed E-state index contributed by atoms with van der Waals surface area (Å²) in [5.74, 6) is -0.728. The van der Waals surface area contributed by atoms with E-state index in [2.05, 4.69) is 15.3 Å². The molecule has 33 heavy (non-hydrogen) atoms. The second-order valence-corrected chi connectivity index (χ2v) is 8.17. The lowest BCUT2D eigenvalue weighted by atomic mass is 9.93. The minimum absolute atomic E-state index is 0.0472. The van der Waals surface area contributed by atoms with Crippen LogP contribution in [0.4, 0.5) is 10.2 Å². The number of benzene rings is 2. The standard InChI is InChI=1S/C25H26FN5O2/c1-16(32)31-11-9-18(10-12-31)22-15-28-24(27)23(30-22)19-7-8-20(21(26)13-19)25(33)29-14-17-5-3-2-4-6-17/h2-8,13,15,18H,9-12,14H2,1H3,(H2,27,28)(H,29,33). The summed E-state index contributed by atoms with van der Waals surface area (Å²) in [7, 11) is 0. The first kappa shape index (κ1) is 22.4. The summed E-state index contributed by atoms with van der Waals surface area (Å²) in [6.45, 7) is 3.22.